The zero-order valence-electron chi connectivity index (χ0n) is 12.3. The van der Waals surface area contributed by atoms with Crippen LogP contribution >= 0.6 is 0 Å². The van der Waals surface area contributed by atoms with Crippen molar-refractivity contribution >= 4 is 11.8 Å². The number of methoxy groups -OCH3 is 1. The quantitative estimate of drug-likeness (QED) is 0.849. The predicted octanol–water partition coefficient (Wildman–Crippen LogP) is 1.58. The molecule has 0 aliphatic carbocycles. The molecular formula is C17H18N2O3. The Morgan fingerprint density at radius 1 is 1.09 bits per heavy atom. The van der Waals surface area contributed by atoms with E-state index in [2.05, 4.69) is 5.32 Å². The van der Waals surface area contributed by atoms with Crippen LogP contribution in [0.2, 0.25) is 0 Å². The van der Waals surface area contributed by atoms with E-state index in [1.807, 2.05) is 6.07 Å². The molecule has 0 heterocycles. The Morgan fingerprint density at radius 3 is 2.27 bits per heavy atom. The molecule has 2 rings (SSSR count). The topological polar surface area (TPSA) is 81.4 Å². The summed E-state index contributed by atoms with van der Waals surface area (Å²) in [4.78, 5) is 23.7. The number of primary amides is 1. The van der Waals surface area contributed by atoms with Crippen LogP contribution in [0, 0.1) is 0 Å². The summed E-state index contributed by atoms with van der Waals surface area (Å²) < 4.78 is 5.07. The summed E-state index contributed by atoms with van der Waals surface area (Å²) in [5.41, 5.74) is 6.87. The minimum absolute atomic E-state index is 0.167. The Bertz CT molecular complexity index is 639. The summed E-state index contributed by atoms with van der Waals surface area (Å²) in [5, 5.41) is 2.67. The lowest BCUT2D eigenvalue weighted by Gasteiger charge is -2.16. The molecule has 2 amide bonds. The fourth-order valence-electron chi connectivity index (χ4n) is 2.11. The van der Waals surface area contributed by atoms with Gasteiger partial charge < -0.3 is 15.8 Å². The lowest BCUT2D eigenvalue weighted by Crippen LogP contribution is -2.38. The molecule has 114 valence electrons. The molecule has 0 radical (unpaired) electrons. The van der Waals surface area contributed by atoms with E-state index >= 15 is 0 Å². The van der Waals surface area contributed by atoms with Crippen LogP contribution in [0.4, 0.5) is 0 Å². The van der Waals surface area contributed by atoms with E-state index in [0.717, 1.165) is 11.3 Å². The van der Waals surface area contributed by atoms with Crippen molar-refractivity contribution < 1.29 is 14.3 Å². The first kappa shape index (κ1) is 15.6. The average Bonchev–Trinajstić information content (AvgIpc) is 2.54. The van der Waals surface area contributed by atoms with Crippen LogP contribution in [0.5, 0.6) is 5.75 Å². The van der Waals surface area contributed by atoms with Crippen LogP contribution in [0.1, 0.15) is 17.2 Å². The molecule has 2 aromatic carbocycles. The van der Waals surface area contributed by atoms with Crippen molar-refractivity contribution in [1.29, 1.82) is 0 Å². The van der Waals surface area contributed by atoms with Gasteiger partial charge in [-0.25, -0.2) is 0 Å². The smallest absolute Gasteiger partial charge is 0.244 e. The van der Waals surface area contributed by atoms with Gasteiger partial charge in [0, 0.05) is 0 Å². The maximum atomic E-state index is 12.1. The highest BCUT2D eigenvalue weighted by Gasteiger charge is 2.19. The van der Waals surface area contributed by atoms with Crippen LogP contribution in [-0.2, 0) is 16.0 Å². The molecule has 0 spiro atoms. The summed E-state index contributed by atoms with van der Waals surface area (Å²) >= 11 is 0. The van der Waals surface area contributed by atoms with E-state index in [1.165, 1.54) is 0 Å². The Balaban J connectivity index is 2.03. The molecule has 22 heavy (non-hydrogen) atoms. The Kier molecular flexibility index (Phi) is 5.14. The van der Waals surface area contributed by atoms with Crippen molar-refractivity contribution in [3.05, 3.63) is 65.7 Å². The van der Waals surface area contributed by atoms with Gasteiger partial charge in [-0.3, -0.25) is 9.59 Å². The molecule has 0 aliphatic rings. The second kappa shape index (κ2) is 7.26. The van der Waals surface area contributed by atoms with Crippen molar-refractivity contribution in [2.45, 2.75) is 12.5 Å². The molecule has 0 saturated heterocycles. The zero-order valence-corrected chi connectivity index (χ0v) is 12.3. The molecule has 0 bridgehead atoms. The summed E-state index contributed by atoms with van der Waals surface area (Å²) in [6.45, 7) is 0. The summed E-state index contributed by atoms with van der Waals surface area (Å²) in [7, 11) is 1.58. The maximum absolute atomic E-state index is 12.1. The molecule has 0 fully saturated rings. The minimum atomic E-state index is -0.827. The van der Waals surface area contributed by atoms with E-state index in [4.69, 9.17) is 10.5 Å². The number of amides is 2. The number of carbonyl (C=O) groups is 2. The normalized spacial score (nSPS) is 11.5. The van der Waals surface area contributed by atoms with Crippen molar-refractivity contribution in [2.75, 3.05) is 7.11 Å². The van der Waals surface area contributed by atoms with Crippen LogP contribution < -0.4 is 15.8 Å². The molecule has 2 aromatic rings. The fraction of sp³-hybridized carbons (Fsp3) is 0.176. The van der Waals surface area contributed by atoms with Crippen LogP contribution in [0.15, 0.2) is 54.6 Å². The number of hydrogen-bond donors (Lipinski definition) is 2. The first-order valence-electron chi connectivity index (χ1n) is 6.86. The Morgan fingerprint density at radius 2 is 1.73 bits per heavy atom. The van der Waals surface area contributed by atoms with Gasteiger partial charge in [-0.15, -0.1) is 0 Å². The standard InChI is InChI=1S/C17H18N2O3/c1-22-14-9-7-12(8-10-14)11-15(20)19-16(17(18)21)13-5-3-2-4-6-13/h2-10,16H,11H2,1H3,(H2,18,21)(H,19,20). The molecule has 3 N–H and O–H groups in total. The van der Waals surface area contributed by atoms with Gasteiger partial charge in [-0.2, -0.15) is 0 Å². The number of nitrogens with two attached hydrogens (primary N) is 1. The highest BCUT2D eigenvalue weighted by molar-refractivity contribution is 5.88. The summed E-state index contributed by atoms with van der Waals surface area (Å²) in [5.74, 6) is -0.129. The van der Waals surface area contributed by atoms with Crippen molar-refractivity contribution in [2.24, 2.45) is 5.73 Å². The van der Waals surface area contributed by atoms with Crippen molar-refractivity contribution in [1.82, 2.24) is 5.32 Å². The third-order valence-electron chi connectivity index (χ3n) is 3.25. The van der Waals surface area contributed by atoms with Gasteiger partial charge >= 0.3 is 0 Å². The molecule has 5 heteroatoms. The lowest BCUT2D eigenvalue weighted by molar-refractivity contribution is -0.127. The number of hydrogen-bond acceptors (Lipinski definition) is 3. The number of ether oxygens (including phenoxy) is 1. The van der Waals surface area contributed by atoms with Gasteiger partial charge in [-0.1, -0.05) is 42.5 Å². The monoisotopic (exact) mass is 298 g/mol. The van der Waals surface area contributed by atoms with Gasteiger partial charge in [0.05, 0.1) is 13.5 Å². The van der Waals surface area contributed by atoms with Crippen LogP contribution in [0.25, 0.3) is 0 Å². The molecule has 5 nitrogen and oxygen atoms in total. The van der Waals surface area contributed by atoms with E-state index in [1.54, 1.807) is 55.6 Å². The third-order valence-corrected chi connectivity index (χ3v) is 3.25. The highest BCUT2D eigenvalue weighted by Crippen LogP contribution is 2.14. The van der Waals surface area contributed by atoms with Gasteiger partial charge in [-0.05, 0) is 23.3 Å². The van der Waals surface area contributed by atoms with Gasteiger partial charge in [0.15, 0.2) is 0 Å². The Labute approximate surface area is 129 Å². The first-order chi connectivity index (χ1) is 10.6. The van der Waals surface area contributed by atoms with Gasteiger partial charge in [0.2, 0.25) is 11.8 Å². The van der Waals surface area contributed by atoms with Crippen LogP contribution in [0.3, 0.4) is 0 Å². The summed E-state index contributed by atoms with van der Waals surface area (Å²) in [6, 6.07) is 15.3. The second-order valence-electron chi connectivity index (χ2n) is 4.84. The zero-order chi connectivity index (χ0) is 15.9. The predicted molar refractivity (Wildman–Crippen MR) is 83.2 cm³/mol. The van der Waals surface area contributed by atoms with Crippen LogP contribution in [-0.4, -0.2) is 18.9 Å². The SMILES string of the molecule is COc1ccc(CC(=O)NC(C(N)=O)c2ccccc2)cc1. The number of benzene rings is 2. The maximum Gasteiger partial charge on any atom is 0.244 e. The molecule has 0 aliphatic heterocycles. The van der Waals surface area contributed by atoms with E-state index < -0.39 is 11.9 Å². The van der Waals surface area contributed by atoms with E-state index in [-0.39, 0.29) is 12.3 Å². The fourth-order valence-corrected chi connectivity index (χ4v) is 2.11. The average molecular weight is 298 g/mol. The highest BCUT2D eigenvalue weighted by atomic mass is 16.5. The Hall–Kier alpha value is -2.82. The second-order valence-corrected chi connectivity index (χ2v) is 4.84. The molecule has 0 aromatic heterocycles. The van der Waals surface area contributed by atoms with E-state index in [0.29, 0.717) is 5.56 Å². The summed E-state index contributed by atoms with van der Waals surface area (Å²) in [6.07, 6.45) is 0.167. The van der Waals surface area contributed by atoms with Gasteiger partial charge in [0.25, 0.3) is 0 Å². The van der Waals surface area contributed by atoms with E-state index in [9.17, 15) is 9.59 Å². The molecule has 0 saturated carbocycles. The minimum Gasteiger partial charge on any atom is -0.497 e. The number of nitrogens with one attached hydrogen (secondary N) is 1. The largest absolute Gasteiger partial charge is 0.497 e. The third kappa shape index (κ3) is 4.09. The molecule has 1 unspecified atom stereocenters. The van der Waals surface area contributed by atoms with Crippen molar-refractivity contribution in [3.63, 3.8) is 0 Å². The number of carbonyl (C=O) groups excluding carboxylic acids is 2. The number of rotatable bonds is 6. The van der Waals surface area contributed by atoms with Gasteiger partial charge in [0.1, 0.15) is 11.8 Å². The molecular weight excluding hydrogens is 280 g/mol. The molecule has 1 atom stereocenters. The first-order valence-corrected chi connectivity index (χ1v) is 6.86. The lowest BCUT2D eigenvalue weighted by atomic mass is 10.1. The van der Waals surface area contributed by atoms with Crippen molar-refractivity contribution in [3.8, 4) is 5.75 Å².